The number of hydrogen-bond acceptors (Lipinski definition) is 4. The number of ketones is 1. The Morgan fingerprint density at radius 1 is 0.839 bits per heavy atom. The van der Waals surface area contributed by atoms with E-state index in [-0.39, 0.29) is 24.4 Å². The number of Topliss-reactive ketones (excluding diaryl/α,β-unsaturated/α-hetero) is 1. The molecule has 0 saturated carbocycles. The second kappa shape index (κ2) is 10.3. The average molecular weight is 437 g/mol. The van der Waals surface area contributed by atoms with Gasteiger partial charge < -0.3 is 14.8 Å². The van der Waals surface area contributed by atoms with Crippen molar-refractivity contribution in [2.75, 3.05) is 6.54 Å². The molecule has 0 aliphatic carbocycles. The number of nitrogens with one attached hydrogen (secondary N) is 1. The van der Waals surface area contributed by atoms with Gasteiger partial charge in [0.05, 0.1) is 0 Å². The summed E-state index contributed by atoms with van der Waals surface area (Å²) in [5.41, 5.74) is 1.92. The molecule has 0 saturated heterocycles. The minimum absolute atomic E-state index is 0.0520. The molecule has 0 radical (unpaired) electrons. The number of hydrogen-bond donors (Lipinski definition) is 1. The van der Waals surface area contributed by atoms with Gasteiger partial charge >= 0.3 is 12.5 Å². The number of ether oxygens (including phenoxy) is 2. The van der Waals surface area contributed by atoms with Gasteiger partial charge in [-0.3, -0.25) is 4.79 Å². The molecule has 0 bridgehead atoms. The highest BCUT2D eigenvalue weighted by Gasteiger charge is 2.30. The van der Waals surface area contributed by atoms with E-state index in [1.165, 1.54) is 24.3 Å². The third-order valence-electron chi connectivity index (χ3n) is 4.06. The van der Waals surface area contributed by atoms with E-state index in [4.69, 9.17) is 4.74 Å². The molecule has 0 heterocycles. The van der Waals surface area contributed by atoms with Crippen molar-refractivity contribution >= 4 is 11.9 Å². The summed E-state index contributed by atoms with van der Waals surface area (Å²) in [6.07, 6.45) is -4.24. The van der Waals surface area contributed by atoms with Crippen molar-refractivity contribution in [1.29, 1.82) is 0 Å². The Hall–Kier alpha value is -3.03. The van der Waals surface area contributed by atoms with Crippen LogP contribution < -0.4 is 10.1 Å². The molecule has 0 spiro atoms. The maximum Gasteiger partial charge on any atom is 0.573 e. The zero-order valence-electron chi connectivity index (χ0n) is 17.7. The molecule has 2 aromatic carbocycles. The van der Waals surface area contributed by atoms with Crippen LogP contribution in [0.3, 0.4) is 0 Å². The molecule has 0 unspecified atom stereocenters. The van der Waals surface area contributed by atoms with E-state index in [2.05, 4.69) is 10.1 Å². The zero-order valence-corrected chi connectivity index (χ0v) is 17.7. The van der Waals surface area contributed by atoms with Crippen molar-refractivity contribution in [3.05, 3.63) is 65.2 Å². The maximum atomic E-state index is 12.3. The van der Waals surface area contributed by atoms with Gasteiger partial charge in [0.15, 0.2) is 0 Å². The van der Waals surface area contributed by atoms with Crippen molar-refractivity contribution in [3.8, 4) is 5.75 Å². The second-order valence-corrected chi connectivity index (χ2v) is 8.08. The molecule has 168 valence electrons. The van der Waals surface area contributed by atoms with Gasteiger partial charge in [0.25, 0.3) is 0 Å². The fraction of sp³-hybridized carbons (Fsp3) is 0.391. The summed E-state index contributed by atoms with van der Waals surface area (Å²) < 4.78 is 45.5. The van der Waals surface area contributed by atoms with Crippen LogP contribution in [0.25, 0.3) is 0 Å². The highest BCUT2D eigenvalue weighted by Crippen LogP contribution is 2.23. The zero-order chi connectivity index (χ0) is 23.1. The molecule has 2 rings (SSSR count). The Kier molecular flexibility index (Phi) is 8.08. The topological polar surface area (TPSA) is 64.6 Å². The molecule has 1 N–H and O–H groups in total. The number of carbonyl (C=O) groups excluding carboxylic acids is 2. The van der Waals surface area contributed by atoms with Crippen molar-refractivity contribution in [2.24, 2.45) is 0 Å². The third-order valence-corrected chi connectivity index (χ3v) is 4.06. The van der Waals surface area contributed by atoms with E-state index in [0.29, 0.717) is 18.5 Å². The van der Waals surface area contributed by atoms with Gasteiger partial charge in [0, 0.05) is 19.4 Å². The summed E-state index contributed by atoms with van der Waals surface area (Å²) in [6.45, 7) is 5.82. The van der Waals surface area contributed by atoms with Crippen LogP contribution in [0.2, 0.25) is 0 Å². The predicted octanol–water partition coefficient (Wildman–Crippen LogP) is 5.01. The predicted molar refractivity (Wildman–Crippen MR) is 110 cm³/mol. The average Bonchev–Trinajstić information content (AvgIpc) is 2.62. The number of carbonyl (C=O) groups is 2. The van der Waals surface area contributed by atoms with Gasteiger partial charge in [-0.1, -0.05) is 36.4 Å². The highest BCUT2D eigenvalue weighted by atomic mass is 19.4. The maximum absolute atomic E-state index is 12.3. The largest absolute Gasteiger partial charge is 0.573 e. The second-order valence-electron chi connectivity index (χ2n) is 8.08. The number of alkyl halides is 3. The van der Waals surface area contributed by atoms with Crippen molar-refractivity contribution < 1.29 is 32.2 Å². The van der Waals surface area contributed by atoms with Gasteiger partial charge in [-0.15, -0.1) is 13.2 Å². The monoisotopic (exact) mass is 437 g/mol. The Morgan fingerprint density at radius 2 is 1.32 bits per heavy atom. The molecular formula is C23H26F3NO4. The van der Waals surface area contributed by atoms with Crippen molar-refractivity contribution in [1.82, 2.24) is 5.32 Å². The smallest absolute Gasteiger partial charge is 0.444 e. The summed E-state index contributed by atoms with van der Waals surface area (Å²) in [5.74, 6) is -0.371. The normalized spacial score (nSPS) is 11.7. The summed E-state index contributed by atoms with van der Waals surface area (Å²) >= 11 is 0. The first-order chi connectivity index (χ1) is 14.4. The summed E-state index contributed by atoms with van der Waals surface area (Å²) in [7, 11) is 0. The van der Waals surface area contributed by atoms with E-state index in [1.54, 1.807) is 20.8 Å². The van der Waals surface area contributed by atoms with E-state index < -0.39 is 18.1 Å². The summed E-state index contributed by atoms with van der Waals surface area (Å²) in [4.78, 5) is 23.9. The minimum atomic E-state index is -4.74. The van der Waals surface area contributed by atoms with E-state index >= 15 is 0 Å². The minimum Gasteiger partial charge on any atom is -0.444 e. The Labute approximate surface area is 179 Å². The van der Waals surface area contributed by atoms with E-state index in [9.17, 15) is 22.8 Å². The quantitative estimate of drug-likeness (QED) is 0.631. The lowest BCUT2D eigenvalue weighted by molar-refractivity contribution is -0.274. The molecule has 0 atom stereocenters. The number of benzene rings is 2. The molecule has 0 fully saturated rings. The number of rotatable bonds is 8. The molecule has 1 amide bonds. The molecular weight excluding hydrogens is 411 g/mol. The molecule has 8 heteroatoms. The number of amides is 1. The van der Waals surface area contributed by atoms with Crippen LogP contribution in [0.4, 0.5) is 18.0 Å². The first-order valence-electron chi connectivity index (χ1n) is 9.81. The van der Waals surface area contributed by atoms with Gasteiger partial charge in [0.1, 0.15) is 17.1 Å². The van der Waals surface area contributed by atoms with Gasteiger partial charge in [-0.2, -0.15) is 0 Å². The standard InChI is InChI=1S/C23H26F3NO4/c1-22(2,3)31-21(29)27-13-12-16-4-6-17(7-5-16)14-19(28)15-18-8-10-20(11-9-18)30-23(24,25)26/h4-11H,12-15H2,1-3H3,(H,27,29). The van der Waals surface area contributed by atoms with E-state index in [0.717, 1.165) is 11.1 Å². The van der Waals surface area contributed by atoms with Crippen LogP contribution in [0.1, 0.15) is 37.5 Å². The van der Waals surface area contributed by atoms with Gasteiger partial charge in [0.2, 0.25) is 0 Å². The van der Waals surface area contributed by atoms with Gasteiger partial charge in [-0.25, -0.2) is 4.79 Å². The van der Waals surface area contributed by atoms with Crippen LogP contribution in [-0.4, -0.2) is 30.4 Å². The lowest BCUT2D eigenvalue weighted by Crippen LogP contribution is -2.33. The molecule has 5 nitrogen and oxygen atoms in total. The van der Waals surface area contributed by atoms with Crippen LogP contribution in [0.15, 0.2) is 48.5 Å². The Morgan fingerprint density at radius 3 is 1.81 bits per heavy atom. The Balaban J connectivity index is 1.78. The lowest BCUT2D eigenvalue weighted by atomic mass is 10.0. The molecule has 0 aliphatic rings. The number of alkyl carbamates (subject to hydrolysis) is 1. The number of halogens is 3. The van der Waals surface area contributed by atoms with Crippen LogP contribution in [0.5, 0.6) is 5.75 Å². The molecule has 2 aromatic rings. The summed E-state index contributed by atoms with van der Waals surface area (Å²) in [6, 6.07) is 12.7. The molecule has 0 aromatic heterocycles. The first-order valence-corrected chi connectivity index (χ1v) is 9.81. The Bertz CT molecular complexity index is 870. The SMILES string of the molecule is CC(C)(C)OC(=O)NCCc1ccc(CC(=O)Cc2ccc(OC(F)(F)F)cc2)cc1. The van der Waals surface area contributed by atoms with E-state index in [1.807, 2.05) is 24.3 Å². The summed E-state index contributed by atoms with van der Waals surface area (Å²) in [5, 5.41) is 2.69. The highest BCUT2D eigenvalue weighted by molar-refractivity contribution is 5.83. The van der Waals surface area contributed by atoms with Crippen LogP contribution in [0, 0.1) is 0 Å². The lowest BCUT2D eigenvalue weighted by Gasteiger charge is -2.19. The van der Waals surface area contributed by atoms with Crippen LogP contribution >= 0.6 is 0 Å². The fourth-order valence-corrected chi connectivity index (χ4v) is 2.77. The van der Waals surface area contributed by atoms with Gasteiger partial charge in [-0.05, 0) is 56.0 Å². The molecule has 31 heavy (non-hydrogen) atoms. The van der Waals surface area contributed by atoms with Crippen molar-refractivity contribution in [2.45, 2.75) is 52.0 Å². The van der Waals surface area contributed by atoms with Crippen molar-refractivity contribution in [3.63, 3.8) is 0 Å². The molecule has 0 aliphatic heterocycles. The first kappa shape index (κ1) is 24.2. The third kappa shape index (κ3) is 10.0. The fourth-order valence-electron chi connectivity index (χ4n) is 2.77. The van der Waals surface area contributed by atoms with Crippen LogP contribution in [-0.2, 0) is 28.8 Å².